The van der Waals surface area contributed by atoms with E-state index in [1.54, 1.807) is 23.7 Å². The summed E-state index contributed by atoms with van der Waals surface area (Å²) in [7, 11) is 0. The number of H-pyrrole nitrogens is 2. The summed E-state index contributed by atoms with van der Waals surface area (Å²) in [6.07, 6.45) is 5.45. The molecule has 0 aliphatic carbocycles. The summed E-state index contributed by atoms with van der Waals surface area (Å²) in [6, 6.07) is 20.3. The lowest BCUT2D eigenvalue weighted by molar-refractivity contribution is 1.08. The van der Waals surface area contributed by atoms with E-state index in [0.717, 1.165) is 26.6 Å². The molecule has 5 rings (SSSR count). The quantitative estimate of drug-likeness (QED) is 0.491. The van der Waals surface area contributed by atoms with Crippen molar-refractivity contribution in [2.45, 2.75) is 0 Å². The van der Waals surface area contributed by atoms with Gasteiger partial charge in [-0.2, -0.15) is 0 Å². The topological polar surface area (TPSA) is 61.5 Å². The first-order chi connectivity index (χ1) is 14.2. The number of aromatic nitrogens is 3. The van der Waals surface area contributed by atoms with E-state index in [0.29, 0.717) is 10.7 Å². The van der Waals surface area contributed by atoms with Gasteiger partial charge in [0.2, 0.25) is 0 Å². The van der Waals surface area contributed by atoms with E-state index in [9.17, 15) is 4.79 Å². The highest BCUT2D eigenvalue weighted by Gasteiger charge is 2.06. The molecular weight excluding hydrogens is 378 g/mol. The van der Waals surface area contributed by atoms with Crippen molar-refractivity contribution in [3.05, 3.63) is 110 Å². The predicted molar refractivity (Wildman–Crippen MR) is 118 cm³/mol. The summed E-state index contributed by atoms with van der Waals surface area (Å²) in [5, 5.41) is 2.25. The third kappa shape index (κ3) is 3.22. The average Bonchev–Trinajstić information content (AvgIpc) is 3.33. The number of pyridine rings is 1. The van der Waals surface area contributed by atoms with Gasteiger partial charge in [0, 0.05) is 38.3 Å². The molecule has 3 aromatic rings. The average molecular weight is 395 g/mol. The van der Waals surface area contributed by atoms with E-state index in [1.165, 1.54) is 10.4 Å². The Morgan fingerprint density at radius 3 is 2.52 bits per heavy atom. The van der Waals surface area contributed by atoms with Gasteiger partial charge < -0.3 is 9.97 Å². The molecule has 0 saturated carbocycles. The lowest BCUT2D eigenvalue weighted by Gasteiger charge is -2.02. The van der Waals surface area contributed by atoms with Crippen molar-refractivity contribution in [2.24, 2.45) is 0 Å². The van der Waals surface area contributed by atoms with E-state index >= 15 is 0 Å². The molecule has 0 atom stereocenters. The molecule has 2 aromatic heterocycles. The Hall–Kier alpha value is -3.70. The van der Waals surface area contributed by atoms with Gasteiger partial charge in [0.15, 0.2) is 0 Å². The zero-order valence-electron chi connectivity index (χ0n) is 15.5. The van der Waals surface area contributed by atoms with Gasteiger partial charge >= 0.3 is 0 Å². The normalized spacial score (nSPS) is 11.9. The van der Waals surface area contributed by atoms with Crippen LogP contribution in [0, 0.1) is 10.7 Å². The summed E-state index contributed by atoms with van der Waals surface area (Å²) >= 11 is 1.67. The van der Waals surface area contributed by atoms with Crippen LogP contribution in [0.25, 0.3) is 34.2 Å². The molecule has 0 fully saturated rings. The first-order valence-electron chi connectivity index (χ1n) is 9.20. The third-order valence-electron chi connectivity index (χ3n) is 4.90. The highest BCUT2D eigenvalue weighted by atomic mass is 32.1. The number of nitrogens with one attached hydrogen (secondary N) is 2. The molecule has 2 aliphatic rings. The maximum absolute atomic E-state index is 12.6. The van der Waals surface area contributed by atoms with Crippen molar-refractivity contribution in [3.63, 3.8) is 0 Å². The zero-order chi connectivity index (χ0) is 19.8. The Labute approximate surface area is 170 Å². The van der Waals surface area contributed by atoms with Gasteiger partial charge in [-0.05, 0) is 47.5 Å². The zero-order valence-corrected chi connectivity index (χ0v) is 16.3. The molecule has 5 heteroatoms. The fourth-order valence-electron chi connectivity index (χ4n) is 3.47. The van der Waals surface area contributed by atoms with Gasteiger partial charge in [-0.15, -0.1) is 11.3 Å². The Morgan fingerprint density at radius 2 is 1.72 bits per heavy atom. The Bertz CT molecular complexity index is 1530. The highest BCUT2D eigenvalue weighted by molar-refractivity contribution is 7.16. The number of hydrogen-bond donors (Lipinski definition) is 2. The van der Waals surface area contributed by atoms with Crippen molar-refractivity contribution in [1.29, 1.82) is 0 Å². The summed E-state index contributed by atoms with van der Waals surface area (Å²) in [5.41, 5.74) is 3.70. The van der Waals surface area contributed by atoms with E-state index in [4.69, 9.17) is 0 Å². The van der Waals surface area contributed by atoms with Crippen LogP contribution >= 0.6 is 11.3 Å². The summed E-state index contributed by atoms with van der Waals surface area (Å²) in [6.45, 7) is 4.10. The standard InChI is InChI=1S/C24H17N3OS/c1-15-19(16-9-11-25-12-10-16)14-20-21(24(28)27-23(20)26-15)13-18-7-8-22(29-18)17-5-3-2-4-6-17/h2-14,26H,1H2,(H,27,28). The number of rotatable bonds is 3. The Kier molecular flexibility index (Phi) is 4.22. The molecule has 1 aromatic carbocycles. The van der Waals surface area contributed by atoms with Crippen LogP contribution in [-0.4, -0.2) is 15.0 Å². The Balaban J connectivity index is 1.69. The molecule has 0 bridgehead atoms. The van der Waals surface area contributed by atoms with Gasteiger partial charge in [0.1, 0.15) is 5.48 Å². The van der Waals surface area contributed by atoms with E-state index in [1.807, 2.05) is 42.5 Å². The molecule has 0 amide bonds. The minimum absolute atomic E-state index is 0.114. The van der Waals surface area contributed by atoms with E-state index in [2.05, 4.69) is 45.8 Å². The van der Waals surface area contributed by atoms with Crippen LogP contribution in [0.1, 0.15) is 4.88 Å². The van der Waals surface area contributed by atoms with Crippen molar-refractivity contribution >= 4 is 24.0 Å². The molecule has 4 heterocycles. The smallest absolute Gasteiger partial charge is 0.257 e. The second-order valence-electron chi connectivity index (χ2n) is 6.77. The molecule has 0 spiro atoms. The molecule has 0 radical (unpaired) electrons. The molecule has 4 nitrogen and oxygen atoms in total. The van der Waals surface area contributed by atoms with E-state index in [-0.39, 0.29) is 5.56 Å². The number of aromatic amines is 2. The van der Waals surface area contributed by atoms with Crippen molar-refractivity contribution in [3.8, 4) is 21.6 Å². The van der Waals surface area contributed by atoms with Crippen LogP contribution in [0.2, 0.25) is 0 Å². The van der Waals surface area contributed by atoms with Crippen LogP contribution in [0.3, 0.4) is 0 Å². The summed E-state index contributed by atoms with van der Waals surface area (Å²) in [5.74, 6) is 0. The fraction of sp³-hybridized carbons (Fsp3) is 0. The van der Waals surface area contributed by atoms with Crippen molar-refractivity contribution in [2.75, 3.05) is 0 Å². The minimum atomic E-state index is -0.114. The van der Waals surface area contributed by atoms with Gasteiger partial charge in [-0.3, -0.25) is 9.78 Å². The maximum Gasteiger partial charge on any atom is 0.257 e. The molecule has 29 heavy (non-hydrogen) atoms. The van der Waals surface area contributed by atoms with Crippen molar-refractivity contribution in [1.82, 2.24) is 15.0 Å². The van der Waals surface area contributed by atoms with Gasteiger partial charge in [-0.25, -0.2) is 0 Å². The largest absolute Gasteiger partial charge is 0.341 e. The number of benzene rings is 1. The van der Waals surface area contributed by atoms with Crippen LogP contribution in [-0.2, 0) is 0 Å². The van der Waals surface area contributed by atoms with Crippen LogP contribution < -0.4 is 16.1 Å². The molecular formula is C24H17N3OS. The summed E-state index contributed by atoms with van der Waals surface area (Å²) in [4.78, 5) is 25.1. The van der Waals surface area contributed by atoms with Crippen LogP contribution in [0.5, 0.6) is 0 Å². The fourth-order valence-corrected chi connectivity index (χ4v) is 4.42. The third-order valence-corrected chi connectivity index (χ3v) is 5.98. The lowest BCUT2D eigenvalue weighted by Crippen LogP contribution is -2.22. The van der Waals surface area contributed by atoms with Crippen LogP contribution in [0.15, 0.2) is 77.9 Å². The lowest BCUT2D eigenvalue weighted by atomic mass is 10.1. The second kappa shape index (κ2) is 7.04. The van der Waals surface area contributed by atoms with Crippen LogP contribution in [0.4, 0.5) is 0 Å². The monoisotopic (exact) mass is 395 g/mol. The van der Waals surface area contributed by atoms with Crippen molar-refractivity contribution < 1.29 is 0 Å². The second-order valence-corrected chi connectivity index (χ2v) is 7.88. The number of thiophene rings is 1. The van der Waals surface area contributed by atoms with Gasteiger partial charge in [0.05, 0.1) is 5.22 Å². The maximum atomic E-state index is 12.6. The molecule has 140 valence electrons. The molecule has 0 saturated heterocycles. The molecule has 2 aliphatic heterocycles. The summed E-state index contributed by atoms with van der Waals surface area (Å²) < 4.78 is 0. The van der Waals surface area contributed by atoms with E-state index < -0.39 is 0 Å². The predicted octanol–water partition coefficient (Wildman–Crippen LogP) is 3.46. The SMILES string of the molecule is C=c1[nH]c2[nH]c(=O)c(=Cc3ccc(-c4ccccc4)s3)c=2cc1-c1ccncc1. The minimum Gasteiger partial charge on any atom is -0.341 e. The first-order valence-corrected chi connectivity index (χ1v) is 10.0. The number of hydrogen-bond acceptors (Lipinski definition) is 3. The first kappa shape index (κ1) is 17.4. The van der Waals surface area contributed by atoms with Gasteiger partial charge in [-0.1, -0.05) is 36.9 Å². The molecule has 2 N–H and O–H groups in total. The Morgan fingerprint density at radius 1 is 0.931 bits per heavy atom. The molecule has 0 unspecified atom stereocenters. The number of nitrogens with zero attached hydrogens (tertiary/aromatic N) is 1. The highest BCUT2D eigenvalue weighted by Crippen LogP contribution is 2.28. The van der Waals surface area contributed by atoms with Gasteiger partial charge in [0.25, 0.3) is 5.56 Å².